The Morgan fingerprint density at radius 1 is 1.04 bits per heavy atom. The Hall–Kier alpha value is -2.46. The van der Waals surface area contributed by atoms with E-state index in [1.165, 1.54) is 0 Å². The standard InChI is InChI=1S/C18H13ClO4/c1-10-15(16(20)11-2-4-12(19)5-3-11)13-6-7-14-18(17(13)23-10)22-9-8-21-14/h2-7H,8-9H2,1H3. The maximum Gasteiger partial charge on any atom is 0.205 e. The molecule has 1 aliphatic heterocycles. The lowest BCUT2D eigenvalue weighted by molar-refractivity contribution is 0.103. The van der Waals surface area contributed by atoms with Crippen LogP contribution in [-0.2, 0) is 0 Å². The van der Waals surface area contributed by atoms with Crippen LogP contribution < -0.4 is 9.47 Å². The molecule has 1 aromatic heterocycles. The van der Waals surface area contributed by atoms with Gasteiger partial charge in [-0.05, 0) is 43.3 Å². The summed E-state index contributed by atoms with van der Waals surface area (Å²) in [6, 6.07) is 10.5. The van der Waals surface area contributed by atoms with Crippen molar-refractivity contribution in [2.24, 2.45) is 0 Å². The van der Waals surface area contributed by atoms with Gasteiger partial charge in [0.2, 0.25) is 5.75 Å². The predicted octanol–water partition coefficient (Wildman–Crippen LogP) is 4.40. The first kappa shape index (κ1) is 14.2. The first-order valence-electron chi connectivity index (χ1n) is 7.27. The molecule has 0 atom stereocenters. The lowest BCUT2D eigenvalue weighted by Crippen LogP contribution is -2.15. The van der Waals surface area contributed by atoms with E-state index in [-0.39, 0.29) is 5.78 Å². The number of ether oxygens (including phenoxy) is 2. The largest absolute Gasteiger partial charge is 0.486 e. The summed E-state index contributed by atoms with van der Waals surface area (Å²) in [5.41, 5.74) is 1.66. The zero-order valence-corrected chi connectivity index (χ0v) is 13.1. The van der Waals surface area contributed by atoms with Crippen LogP contribution in [0.15, 0.2) is 40.8 Å². The van der Waals surface area contributed by atoms with E-state index in [4.69, 9.17) is 25.5 Å². The fraction of sp³-hybridized carbons (Fsp3) is 0.167. The number of halogens is 1. The van der Waals surface area contributed by atoms with Crippen LogP contribution in [0.4, 0.5) is 0 Å². The van der Waals surface area contributed by atoms with Gasteiger partial charge in [-0.1, -0.05) is 11.6 Å². The van der Waals surface area contributed by atoms with Crippen LogP contribution in [0.5, 0.6) is 11.5 Å². The van der Waals surface area contributed by atoms with Crippen molar-refractivity contribution in [3.05, 3.63) is 58.3 Å². The number of ketones is 1. The lowest BCUT2D eigenvalue weighted by Gasteiger charge is -2.17. The number of benzene rings is 2. The molecule has 2 aromatic carbocycles. The first-order valence-corrected chi connectivity index (χ1v) is 7.65. The van der Waals surface area contributed by atoms with E-state index >= 15 is 0 Å². The highest BCUT2D eigenvalue weighted by Gasteiger charge is 2.25. The summed E-state index contributed by atoms with van der Waals surface area (Å²) >= 11 is 5.89. The van der Waals surface area contributed by atoms with E-state index in [1.54, 1.807) is 31.2 Å². The van der Waals surface area contributed by atoms with E-state index in [0.29, 0.717) is 52.2 Å². The third kappa shape index (κ3) is 2.26. The maximum absolute atomic E-state index is 12.8. The van der Waals surface area contributed by atoms with Gasteiger partial charge in [0.1, 0.15) is 19.0 Å². The molecular formula is C18H13ClO4. The molecule has 4 nitrogen and oxygen atoms in total. The Morgan fingerprint density at radius 3 is 2.57 bits per heavy atom. The highest BCUT2D eigenvalue weighted by Crippen LogP contribution is 2.41. The van der Waals surface area contributed by atoms with Gasteiger partial charge in [0.05, 0.1) is 5.56 Å². The van der Waals surface area contributed by atoms with Crippen LogP contribution in [0.1, 0.15) is 21.7 Å². The molecule has 1 aliphatic rings. The number of rotatable bonds is 2. The Morgan fingerprint density at radius 2 is 1.78 bits per heavy atom. The fourth-order valence-electron chi connectivity index (χ4n) is 2.81. The van der Waals surface area contributed by atoms with Crippen molar-refractivity contribution in [1.29, 1.82) is 0 Å². The Labute approximate surface area is 137 Å². The molecular weight excluding hydrogens is 316 g/mol. The van der Waals surface area contributed by atoms with E-state index in [1.807, 2.05) is 12.1 Å². The molecule has 4 rings (SSSR count). The van der Waals surface area contributed by atoms with E-state index in [9.17, 15) is 4.79 Å². The minimum absolute atomic E-state index is 0.102. The number of aryl methyl sites for hydroxylation is 1. The quantitative estimate of drug-likeness (QED) is 0.654. The summed E-state index contributed by atoms with van der Waals surface area (Å²) < 4.78 is 17.0. The average Bonchev–Trinajstić information content (AvgIpc) is 2.91. The first-order chi connectivity index (χ1) is 11.1. The second-order valence-corrected chi connectivity index (χ2v) is 5.77. The van der Waals surface area contributed by atoms with Gasteiger partial charge in [0.25, 0.3) is 0 Å². The number of carbonyl (C=O) groups excluding carboxylic acids is 1. The van der Waals surface area contributed by atoms with Gasteiger partial charge in [-0.25, -0.2) is 0 Å². The molecule has 3 aromatic rings. The number of fused-ring (bicyclic) bond motifs is 3. The van der Waals surface area contributed by atoms with Crippen LogP contribution in [-0.4, -0.2) is 19.0 Å². The van der Waals surface area contributed by atoms with Crippen LogP contribution in [0, 0.1) is 6.92 Å². The molecule has 0 N–H and O–H groups in total. The molecule has 0 radical (unpaired) electrons. The van der Waals surface area contributed by atoms with Crippen molar-refractivity contribution in [2.45, 2.75) is 6.92 Å². The monoisotopic (exact) mass is 328 g/mol. The van der Waals surface area contributed by atoms with Gasteiger partial charge < -0.3 is 13.9 Å². The maximum atomic E-state index is 12.8. The number of carbonyl (C=O) groups is 1. The minimum Gasteiger partial charge on any atom is -0.486 e. The van der Waals surface area contributed by atoms with E-state index < -0.39 is 0 Å². The summed E-state index contributed by atoms with van der Waals surface area (Å²) in [5.74, 6) is 1.66. The summed E-state index contributed by atoms with van der Waals surface area (Å²) in [6.45, 7) is 2.75. The van der Waals surface area contributed by atoms with Gasteiger partial charge in [-0.2, -0.15) is 0 Å². The molecule has 2 heterocycles. The fourth-order valence-corrected chi connectivity index (χ4v) is 2.94. The van der Waals surface area contributed by atoms with Gasteiger partial charge >= 0.3 is 0 Å². The van der Waals surface area contributed by atoms with Crippen molar-refractivity contribution in [3.63, 3.8) is 0 Å². The molecule has 23 heavy (non-hydrogen) atoms. The normalized spacial score (nSPS) is 13.3. The predicted molar refractivity (Wildman–Crippen MR) is 86.8 cm³/mol. The smallest absolute Gasteiger partial charge is 0.205 e. The summed E-state index contributed by atoms with van der Waals surface area (Å²) in [7, 11) is 0. The van der Waals surface area contributed by atoms with Crippen molar-refractivity contribution in [2.75, 3.05) is 13.2 Å². The van der Waals surface area contributed by atoms with Crippen LogP contribution in [0.3, 0.4) is 0 Å². The zero-order chi connectivity index (χ0) is 16.0. The molecule has 0 saturated carbocycles. The Balaban J connectivity index is 1.88. The molecule has 0 unspecified atom stereocenters. The highest BCUT2D eigenvalue weighted by molar-refractivity contribution is 6.30. The van der Waals surface area contributed by atoms with Gasteiger partial charge in [0, 0.05) is 16.0 Å². The molecule has 0 amide bonds. The van der Waals surface area contributed by atoms with Crippen LogP contribution in [0.25, 0.3) is 11.0 Å². The molecule has 0 fully saturated rings. The van der Waals surface area contributed by atoms with Crippen LogP contribution >= 0.6 is 11.6 Å². The molecule has 5 heteroatoms. The summed E-state index contributed by atoms with van der Waals surface area (Å²) in [4.78, 5) is 12.8. The van der Waals surface area contributed by atoms with Crippen LogP contribution in [0.2, 0.25) is 5.02 Å². The van der Waals surface area contributed by atoms with E-state index in [0.717, 1.165) is 5.39 Å². The van der Waals surface area contributed by atoms with Crippen molar-refractivity contribution in [3.8, 4) is 11.5 Å². The molecule has 0 bridgehead atoms. The Bertz CT molecular complexity index is 909. The number of hydrogen-bond acceptors (Lipinski definition) is 4. The zero-order valence-electron chi connectivity index (χ0n) is 12.4. The molecule has 0 saturated heterocycles. The van der Waals surface area contributed by atoms with Gasteiger partial charge in [-0.3, -0.25) is 4.79 Å². The summed E-state index contributed by atoms with van der Waals surface area (Å²) in [6.07, 6.45) is 0. The second kappa shape index (κ2) is 5.32. The second-order valence-electron chi connectivity index (χ2n) is 5.34. The van der Waals surface area contributed by atoms with E-state index in [2.05, 4.69) is 0 Å². The third-order valence-corrected chi connectivity index (χ3v) is 4.13. The number of hydrogen-bond donors (Lipinski definition) is 0. The average molecular weight is 329 g/mol. The highest BCUT2D eigenvalue weighted by atomic mass is 35.5. The molecule has 0 aliphatic carbocycles. The van der Waals surface area contributed by atoms with Crippen molar-refractivity contribution in [1.82, 2.24) is 0 Å². The van der Waals surface area contributed by atoms with Crippen molar-refractivity contribution < 1.29 is 18.7 Å². The molecule has 0 spiro atoms. The third-order valence-electron chi connectivity index (χ3n) is 3.87. The topological polar surface area (TPSA) is 48.7 Å². The van der Waals surface area contributed by atoms with Crippen molar-refractivity contribution >= 4 is 28.4 Å². The van der Waals surface area contributed by atoms with Gasteiger partial charge in [-0.15, -0.1) is 0 Å². The lowest BCUT2D eigenvalue weighted by atomic mass is 10.0. The van der Waals surface area contributed by atoms with Gasteiger partial charge in [0.15, 0.2) is 17.1 Å². The Kier molecular flexibility index (Phi) is 3.27. The minimum atomic E-state index is -0.102. The summed E-state index contributed by atoms with van der Waals surface area (Å²) in [5, 5.41) is 1.32. The molecule has 116 valence electrons. The SMILES string of the molecule is Cc1oc2c3c(ccc2c1C(=O)c1ccc(Cl)cc1)OCCO3. The number of furan rings is 1.